The Kier molecular flexibility index (Phi) is 4.63. The molecule has 0 atom stereocenters. The molecule has 6 nitrogen and oxygen atoms in total. The van der Waals surface area contributed by atoms with Crippen LogP contribution in [0.4, 0.5) is 5.69 Å². The van der Waals surface area contributed by atoms with Crippen LogP contribution >= 0.6 is 0 Å². The normalized spacial score (nSPS) is 10.3. The lowest BCUT2D eigenvalue weighted by Gasteiger charge is -2.06. The molecule has 6 heteroatoms. The first kappa shape index (κ1) is 14.7. The number of nitro groups is 1. The van der Waals surface area contributed by atoms with Crippen molar-refractivity contribution in [2.75, 3.05) is 0 Å². The summed E-state index contributed by atoms with van der Waals surface area (Å²) in [4.78, 5) is 21.2. The summed E-state index contributed by atoms with van der Waals surface area (Å²) in [5.74, 6) is -0.453. The lowest BCUT2D eigenvalue weighted by molar-refractivity contribution is -0.384. The van der Waals surface area contributed by atoms with Crippen LogP contribution in [0, 0.1) is 10.1 Å². The Hall–Kier alpha value is -2.73. The first-order valence-corrected chi connectivity index (χ1v) is 6.39. The highest BCUT2D eigenvalue weighted by Gasteiger charge is 2.05. The van der Waals surface area contributed by atoms with Gasteiger partial charge in [0.05, 0.1) is 4.92 Å². The van der Waals surface area contributed by atoms with E-state index in [1.54, 1.807) is 24.3 Å². The third kappa shape index (κ3) is 4.12. The van der Waals surface area contributed by atoms with Crippen molar-refractivity contribution in [1.82, 2.24) is 5.32 Å². The van der Waals surface area contributed by atoms with Crippen molar-refractivity contribution in [3.05, 3.63) is 75.3 Å². The lowest BCUT2D eigenvalue weighted by Crippen LogP contribution is -2.14. The number of rotatable bonds is 6. The second-order valence-electron chi connectivity index (χ2n) is 4.59. The summed E-state index contributed by atoms with van der Waals surface area (Å²) >= 11 is 0. The molecular weight excluding hydrogens is 270 g/mol. The number of nitrogens with one attached hydrogen (secondary N) is 1. The SMILES string of the molecule is NC(=O)c1ccc(CNCc2cccc([N+](=O)[O-])c2)cc1. The maximum Gasteiger partial charge on any atom is 0.269 e. The van der Waals surface area contributed by atoms with Crippen molar-refractivity contribution in [3.63, 3.8) is 0 Å². The zero-order valence-corrected chi connectivity index (χ0v) is 11.3. The standard InChI is InChI=1S/C15H15N3O3/c16-15(19)13-6-4-11(5-7-13)9-17-10-12-2-1-3-14(8-12)18(20)21/h1-8,17H,9-10H2,(H2,16,19). The first-order chi connectivity index (χ1) is 10.1. The number of nitro benzene ring substituents is 1. The molecule has 0 aromatic heterocycles. The molecule has 0 fully saturated rings. The number of carbonyl (C=O) groups excluding carboxylic acids is 1. The van der Waals surface area contributed by atoms with Crippen LogP contribution in [0.2, 0.25) is 0 Å². The van der Waals surface area contributed by atoms with E-state index in [1.165, 1.54) is 6.07 Å². The van der Waals surface area contributed by atoms with Gasteiger partial charge in [0.2, 0.25) is 5.91 Å². The summed E-state index contributed by atoms with van der Waals surface area (Å²) < 4.78 is 0. The summed E-state index contributed by atoms with van der Waals surface area (Å²) in [5.41, 5.74) is 7.57. The van der Waals surface area contributed by atoms with Gasteiger partial charge in [0.1, 0.15) is 0 Å². The molecule has 108 valence electrons. The summed E-state index contributed by atoms with van der Waals surface area (Å²) in [7, 11) is 0. The summed E-state index contributed by atoms with van der Waals surface area (Å²) in [6.07, 6.45) is 0. The quantitative estimate of drug-likeness (QED) is 0.626. The van der Waals surface area contributed by atoms with E-state index in [0.717, 1.165) is 11.1 Å². The minimum absolute atomic E-state index is 0.0834. The molecule has 0 aliphatic rings. The average molecular weight is 285 g/mol. The van der Waals surface area contributed by atoms with Gasteiger partial charge in [0.25, 0.3) is 5.69 Å². The van der Waals surface area contributed by atoms with Gasteiger partial charge in [-0.1, -0.05) is 24.3 Å². The topological polar surface area (TPSA) is 98.3 Å². The van der Waals surface area contributed by atoms with E-state index in [9.17, 15) is 14.9 Å². The molecule has 0 aliphatic heterocycles. The summed E-state index contributed by atoms with van der Waals surface area (Å²) in [6, 6.07) is 13.5. The minimum Gasteiger partial charge on any atom is -0.366 e. The van der Waals surface area contributed by atoms with Gasteiger partial charge in [0.15, 0.2) is 0 Å². The Morgan fingerprint density at radius 3 is 2.38 bits per heavy atom. The van der Waals surface area contributed by atoms with E-state index in [1.807, 2.05) is 18.2 Å². The molecule has 0 saturated heterocycles. The van der Waals surface area contributed by atoms with Crippen molar-refractivity contribution in [2.45, 2.75) is 13.1 Å². The number of non-ortho nitro benzene ring substituents is 1. The van der Waals surface area contributed by atoms with Crippen LogP contribution in [0.3, 0.4) is 0 Å². The number of nitrogens with two attached hydrogens (primary N) is 1. The Labute approximate surface area is 121 Å². The van der Waals surface area contributed by atoms with Gasteiger partial charge in [-0.2, -0.15) is 0 Å². The number of hydrogen-bond acceptors (Lipinski definition) is 4. The van der Waals surface area contributed by atoms with Crippen LogP contribution in [-0.2, 0) is 13.1 Å². The molecule has 0 heterocycles. The number of hydrogen-bond donors (Lipinski definition) is 2. The summed E-state index contributed by atoms with van der Waals surface area (Å²) in [5, 5.41) is 13.9. The predicted molar refractivity (Wildman–Crippen MR) is 78.6 cm³/mol. The molecule has 0 unspecified atom stereocenters. The van der Waals surface area contributed by atoms with Crippen LogP contribution < -0.4 is 11.1 Å². The maximum absolute atomic E-state index is 10.9. The fourth-order valence-corrected chi connectivity index (χ4v) is 1.92. The number of nitrogens with zero attached hydrogens (tertiary/aromatic N) is 1. The molecule has 2 rings (SSSR count). The third-order valence-corrected chi connectivity index (χ3v) is 3.02. The molecular formula is C15H15N3O3. The van der Waals surface area contributed by atoms with E-state index in [2.05, 4.69) is 5.32 Å². The average Bonchev–Trinajstić information content (AvgIpc) is 2.48. The Balaban J connectivity index is 1.90. The van der Waals surface area contributed by atoms with Gasteiger partial charge in [-0.05, 0) is 23.3 Å². The lowest BCUT2D eigenvalue weighted by atomic mass is 10.1. The van der Waals surface area contributed by atoms with E-state index >= 15 is 0 Å². The number of amides is 1. The van der Waals surface area contributed by atoms with Gasteiger partial charge < -0.3 is 11.1 Å². The largest absolute Gasteiger partial charge is 0.366 e. The van der Waals surface area contributed by atoms with Gasteiger partial charge in [0, 0.05) is 30.8 Å². The van der Waals surface area contributed by atoms with Crippen molar-refractivity contribution in [1.29, 1.82) is 0 Å². The molecule has 0 aliphatic carbocycles. The van der Waals surface area contributed by atoms with Gasteiger partial charge in [-0.25, -0.2) is 0 Å². The number of primary amides is 1. The van der Waals surface area contributed by atoms with Crippen molar-refractivity contribution >= 4 is 11.6 Å². The molecule has 21 heavy (non-hydrogen) atoms. The smallest absolute Gasteiger partial charge is 0.269 e. The van der Waals surface area contributed by atoms with Crippen molar-refractivity contribution in [2.24, 2.45) is 5.73 Å². The minimum atomic E-state index is -0.453. The zero-order valence-electron chi connectivity index (χ0n) is 11.3. The van der Waals surface area contributed by atoms with Gasteiger partial charge in [-0.3, -0.25) is 14.9 Å². The van der Waals surface area contributed by atoms with E-state index in [0.29, 0.717) is 18.7 Å². The Bertz CT molecular complexity index is 653. The van der Waals surface area contributed by atoms with E-state index in [-0.39, 0.29) is 5.69 Å². The molecule has 3 N–H and O–H groups in total. The zero-order chi connectivity index (χ0) is 15.2. The fourth-order valence-electron chi connectivity index (χ4n) is 1.92. The van der Waals surface area contributed by atoms with E-state index in [4.69, 9.17) is 5.73 Å². The Morgan fingerprint density at radius 1 is 1.10 bits per heavy atom. The highest BCUT2D eigenvalue weighted by Crippen LogP contribution is 2.13. The van der Waals surface area contributed by atoms with Crippen LogP contribution in [-0.4, -0.2) is 10.8 Å². The third-order valence-electron chi connectivity index (χ3n) is 3.02. The molecule has 2 aromatic carbocycles. The molecule has 2 aromatic rings. The molecule has 0 bridgehead atoms. The molecule has 0 saturated carbocycles. The molecule has 0 radical (unpaired) electrons. The second-order valence-corrected chi connectivity index (χ2v) is 4.59. The first-order valence-electron chi connectivity index (χ1n) is 6.39. The van der Waals surface area contributed by atoms with Crippen LogP contribution in [0.1, 0.15) is 21.5 Å². The number of carbonyl (C=O) groups is 1. The molecule has 1 amide bonds. The highest BCUT2D eigenvalue weighted by atomic mass is 16.6. The second kappa shape index (κ2) is 6.62. The van der Waals surface area contributed by atoms with Crippen molar-refractivity contribution in [3.8, 4) is 0 Å². The van der Waals surface area contributed by atoms with Gasteiger partial charge in [-0.15, -0.1) is 0 Å². The summed E-state index contributed by atoms with van der Waals surface area (Å²) in [6.45, 7) is 1.13. The maximum atomic E-state index is 10.9. The van der Waals surface area contributed by atoms with Crippen LogP contribution in [0.5, 0.6) is 0 Å². The predicted octanol–water partition coefficient (Wildman–Crippen LogP) is 1.98. The van der Waals surface area contributed by atoms with Crippen LogP contribution in [0.25, 0.3) is 0 Å². The fraction of sp³-hybridized carbons (Fsp3) is 0.133. The van der Waals surface area contributed by atoms with Crippen LogP contribution in [0.15, 0.2) is 48.5 Å². The van der Waals surface area contributed by atoms with E-state index < -0.39 is 10.8 Å². The number of benzene rings is 2. The monoisotopic (exact) mass is 285 g/mol. The molecule has 0 spiro atoms. The van der Waals surface area contributed by atoms with Crippen molar-refractivity contribution < 1.29 is 9.72 Å². The highest BCUT2D eigenvalue weighted by molar-refractivity contribution is 5.92. The van der Waals surface area contributed by atoms with Gasteiger partial charge >= 0.3 is 0 Å². The Morgan fingerprint density at radius 2 is 1.76 bits per heavy atom.